The second-order valence-electron chi connectivity index (χ2n) is 4.45. The number of aliphatic hydroxyl groups excluding tert-OH is 1. The number of carbonyl (C=O) groups is 1. The minimum Gasteiger partial charge on any atom is -0.506 e. The van der Waals surface area contributed by atoms with Crippen LogP contribution in [0.3, 0.4) is 0 Å². The van der Waals surface area contributed by atoms with Gasteiger partial charge in [-0.1, -0.05) is 35.9 Å². The number of rotatable bonds is 6. The number of aromatic hydroxyl groups is 1. The fourth-order valence-electron chi connectivity index (χ4n) is 2.04. The van der Waals surface area contributed by atoms with Crippen LogP contribution in [0.2, 0.25) is 5.02 Å². The van der Waals surface area contributed by atoms with Crippen molar-refractivity contribution >= 4 is 23.5 Å². The lowest BCUT2D eigenvalue weighted by atomic mass is 9.97. The first kappa shape index (κ1) is 16.1. The van der Waals surface area contributed by atoms with Gasteiger partial charge in [0.25, 0.3) is 0 Å². The predicted octanol–water partition coefficient (Wildman–Crippen LogP) is 3.05. The lowest BCUT2D eigenvalue weighted by Crippen LogP contribution is -2.01. The molecular formula is C17H15ClO4. The molecule has 0 atom stereocenters. The quantitative estimate of drug-likeness (QED) is 0.634. The first-order valence-corrected chi connectivity index (χ1v) is 7.02. The van der Waals surface area contributed by atoms with E-state index in [-0.39, 0.29) is 24.0 Å². The zero-order valence-electron chi connectivity index (χ0n) is 11.7. The third-order valence-corrected chi connectivity index (χ3v) is 3.34. The molecule has 0 heterocycles. The van der Waals surface area contributed by atoms with E-state index in [0.717, 1.165) is 5.56 Å². The molecule has 0 aromatic heterocycles. The van der Waals surface area contributed by atoms with Crippen LogP contribution in [-0.4, -0.2) is 29.7 Å². The highest BCUT2D eigenvalue weighted by molar-refractivity contribution is 6.32. The number of aliphatic hydroxyl groups is 1. The van der Waals surface area contributed by atoms with Crippen LogP contribution in [0, 0.1) is 0 Å². The van der Waals surface area contributed by atoms with E-state index in [4.69, 9.17) is 21.4 Å². The molecule has 0 fully saturated rings. The molecule has 0 aliphatic heterocycles. The maximum absolute atomic E-state index is 10.9. The number of phenolic OH excluding ortho intramolecular Hbond substituents is 1. The summed E-state index contributed by atoms with van der Waals surface area (Å²) in [5.41, 5.74) is 1.77. The average molecular weight is 319 g/mol. The number of phenols is 1. The van der Waals surface area contributed by atoms with Crippen LogP contribution in [0.25, 0.3) is 5.57 Å². The molecule has 0 amide bonds. The molecule has 2 aromatic rings. The molecule has 0 spiro atoms. The van der Waals surface area contributed by atoms with Crippen molar-refractivity contribution in [2.24, 2.45) is 0 Å². The highest BCUT2D eigenvalue weighted by Crippen LogP contribution is 2.35. The summed E-state index contributed by atoms with van der Waals surface area (Å²) < 4.78 is 5.29. The van der Waals surface area contributed by atoms with Crippen LogP contribution < -0.4 is 4.74 Å². The Labute approximate surface area is 133 Å². The van der Waals surface area contributed by atoms with Gasteiger partial charge >= 0.3 is 0 Å². The summed E-state index contributed by atoms with van der Waals surface area (Å²) in [5.74, 6) is 0.538. The Morgan fingerprint density at radius 3 is 2.55 bits per heavy atom. The average Bonchev–Trinajstić information content (AvgIpc) is 2.54. The fraction of sp³-hybridized carbons (Fsp3) is 0.118. The van der Waals surface area contributed by atoms with E-state index in [2.05, 4.69) is 0 Å². The monoisotopic (exact) mass is 318 g/mol. The lowest BCUT2D eigenvalue weighted by Gasteiger charge is -2.11. The summed E-state index contributed by atoms with van der Waals surface area (Å²) in [4.78, 5) is 10.9. The molecule has 5 heteroatoms. The van der Waals surface area contributed by atoms with Crippen LogP contribution >= 0.6 is 11.6 Å². The number of carbonyl (C=O) groups excluding carboxylic acids is 1. The molecule has 0 aliphatic rings. The lowest BCUT2D eigenvalue weighted by molar-refractivity contribution is -0.104. The minimum atomic E-state index is -0.0714. The predicted molar refractivity (Wildman–Crippen MR) is 85.3 cm³/mol. The number of benzene rings is 2. The van der Waals surface area contributed by atoms with E-state index in [9.17, 15) is 9.90 Å². The van der Waals surface area contributed by atoms with Gasteiger partial charge in [0.2, 0.25) is 0 Å². The Balaban J connectivity index is 2.38. The van der Waals surface area contributed by atoms with Crippen LogP contribution in [0.4, 0.5) is 0 Å². The number of allylic oxidation sites excluding steroid dienone is 1. The van der Waals surface area contributed by atoms with E-state index < -0.39 is 0 Å². The second-order valence-corrected chi connectivity index (χ2v) is 4.86. The molecule has 0 saturated carbocycles. The zero-order valence-corrected chi connectivity index (χ0v) is 12.5. The van der Waals surface area contributed by atoms with Crippen molar-refractivity contribution in [2.45, 2.75) is 0 Å². The van der Waals surface area contributed by atoms with Crippen molar-refractivity contribution in [1.82, 2.24) is 0 Å². The molecule has 4 nitrogen and oxygen atoms in total. The van der Waals surface area contributed by atoms with Gasteiger partial charge < -0.3 is 14.9 Å². The fourth-order valence-corrected chi connectivity index (χ4v) is 2.21. The SMILES string of the molecule is O=C/C=C(\c1ccc(OCCO)cc1)c1cccc(Cl)c1O. The number of ether oxygens (including phenoxy) is 1. The van der Waals surface area contributed by atoms with Crippen molar-refractivity contribution in [2.75, 3.05) is 13.2 Å². The molecular weight excluding hydrogens is 304 g/mol. The van der Waals surface area contributed by atoms with Crippen molar-refractivity contribution in [3.63, 3.8) is 0 Å². The molecule has 2 N–H and O–H groups in total. The molecule has 0 saturated heterocycles. The molecule has 2 aromatic carbocycles. The highest BCUT2D eigenvalue weighted by Gasteiger charge is 2.12. The van der Waals surface area contributed by atoms with Gasteiger partial charge in [-0.15, -0.1) is 0 Å². The number of hydrogen-bond acceptors (Lipinski definition) is 4. The highest BCUT2D eigenvalue weighted by atomic mass is 35.5. The summed E-state index contributed by atoms with van der Waals surface area (Å²) in [6.07, 6.45) is 2.03. The molecule has 2 rings (SSSR count). The van der Waals surface area contributed by atoms with Crippen LogP contribution in [0.15, 0.2) is 48.5 Å². The molecule has 0 bridgehead atoms. The summed E-state index contributed by atoms with van der Waals surface area (Å²) >= 11 is 5.92. The topological polar surface area (TPSA) is 66.8 Å². The molecule has 0 unspecified atom stereocenters. The van der Waals surface area contributed by atoms with Crippen molar-refractivity contribution in [3.05, 3.63) is 64.7 Å². The van der Waals surface area contributed by atoms with Gasteiger partial charge in [0.1, 0.15) is 24.4 Å². The Morgan fingerprint density at radius 2 is 1.91 bits per heavy atom. The number of hydrogen-bond donors (Lipinski definition) is 2. The summed E-state index contributed by atoms with van der Waals surface area (Å²) in [5, 5.41) is 19.0. The van der Waals surface area contributed by atoms with Gasteiger partial charge in [0, 0.05) is 5.56 Å². The minimum absolute atomic E-state index is 0.0611. The molecule has 22 heavy (non-hydrogen) atoms. The zero-order chi connectivity index (χ0) is 15.9. The third-order valence-electron chi connectivity index (χ3n) is 3.04. The maximum atomic E-state index is 10.9. The number of halogens is 1. The van der Waals surface area contributed by atoms with Gasteiger partial charge in [0.05, 0.1) is 11.6 Å². The largest absolute Gasteiger partial charge is 0.506 e. The van der Waals surface area contributed by atoms with Crippen molar-refractivity contribution in [1.29, 1.82) is 0 Å². The van der Waals surface area contributed by atoms with Gasteiger partial charge in [-0.3, -0.25) is 4.79 Å². The van der Waals surface area contributed by atoms with E-state index in [0.29, 0.717) is 23.2 Å². The van der Waals surface area contributed by atoms with Crippen molar-refractivity contribution < 1.29 is 19.7 Å². The summed E-state index contributed by atoms with van der Waals surface area (Å²) in [7, 11) is 0. The Morgan fingerprint density at radius 1 is 1.18 bits per heavy atom. The Kier molecular flexibility index (Phi) is 5.58. The van der Waals surface area contributed by atoms with Crippen LogP contribution in [0.5, 0.6) is 11.5 Å². The van der Waals surface area contributed by atoms with E-state index in [1.165, 1.54) is 6.08 Å². The van der Waals surface area contributed by atoms with Gasteiger partial charge in [-0.05, 0) is 35.4 Å². The standard InChI is InChI=1S/C17H15ClO4/c18-16-3-1-2-15(17(16)21)14(8-9-19)12-4-6-13(7-5-12)22-11-10-20/h1-9,20-21H,10-11H2/b14-8+. The van der Waals surface area contributed by atoms with Crippen LogP contribution in [0.1, 0.15) is 11.1 Å². The van der Waals surface area contributed by atoms with Gasteiger partial charge in [-0.25, -0.2) is 0 Å². The Hall–Kier alpha value is -2.30. The van der Waals surface area contributed by atoms with Crippen molar-refractivity contribution in [3.8, 4) is 11.5 Å². The maximum Gasteiger partial charge on any atom is 0.143 e. The normalized spacial score (nSPS) is 11.3. The number of aldehydes is 1. The van der Waals surface area contributed by atoms with Gasteiger partial charge in [-0.2, -0.15) is 0 Å². The van der Waals surface area contributed by atoms with Gasteiger partial charge in [0.15, 0.2) is 0 Å². The summed E-state index contributed by atoms with van der Waals surface area (Å²) in [6.45, 7) is 0.153. The number of para-hydroxylation sites is 1. The van der Waals surface area contributed by atoms with E-state index in [1.807, 2.05) is 0 Å². The van der Waals surface area contributed by atoms with E-state index in [1.54, 1.807) is 42.5 Å². The first-order chi connectivity index (χ1) is 10.7. The second kappa shape index (κ2) is 7.64. The van der Waals surface area contributed by atoms with Crippen LogP contribution in [-0.2, 0) is 4.79 Å². The molecule has 0 radical (unpaired) electrons. The smallest absolute Gasteiger partial charge is 0.143 e. The first-order valence-electron chi connectivity index (χ1n) is 6.64. The molecule has 114 valence electrons. The molecule has 0 aliphatic carbocycles. The summed E-state index contributed by atoms with van der Waals surface area (Å²) in [6, 6.07) is 12.0. The van der Waals surface area contributed by atoms with E-state index >= 15 is 0 Å². The third kappa shape index (κ3) is 3.67. The Bertz CT molecular complexity index is 678.